The minimum Gasteiger partial charge on any atom is -0.493 e. The summed E-state index contributed by atoms with van der Waals surface area (Å²) >= 11 is 0. The van der Waals surface area contributed by atoms with E-state index in [2.05, 4.69) is 10.3 Å². The molecule has 1 fully saturated rings. The van der Waals surface area contributed by atoms with Gasteiger partial charge in [0.2, 0.25) is 11.9 Å². The molecule has 4 atom stereocenters. The lowest BCUT2D eigenvalue weighted by molar-refractivity contribution is -0.132. The van der Waals surface area contributed by atoms with Crippen LogP contribution in [0.1, 0.15) is 48.0 Å². The molecule has 1 amide bonds. The van der Waals surface area contributed by atoms with Crippen molar-refractivity contribution in [2.45, 2.75) is 63.4 Å². The Morgan fingerprint density at radius 2 is 1.88 bits per heavy atom. The van der Waals surface area contributed by atoms with E-state index in [1.54, 1.807) is 25.3 Å². The fourth-order valence-corrected chi connectivity index (χ4v) is 7.68. The second-order valence-corrected chi connectivity index (χ2v) is 13.8. The number of likely N-dealkylation sites (N-methyl/N-ethyl adjacent to an activating group) is 1. The Labute approximate surface area is 299 Å². The summed E-state index contributed by atoms with van der Waals surface area (Å²) in [5, 5.41) is 15.2. The standard InChI is InChI=1S/C38H40F2N8O4/c1-21-42-30-14-24(40)13-28-29-8-6-9-33(44-29)43-25-16-31(37(50)46(2)19-26(51-3)20-47(21)35(28)30)48(18-25)38-41-17-22-7-4-5-12-52-32-15-23(39)10-11-27(32)36(49)34(22)45-38/h6,8-11,13-15,17,25-26,31,36,49H,4-5,7,12,16,18-20H2,1-3H3,(H,43,44)/t25-,26-,31-,36?/m0/s1. The van der Waals surface area contributed by atoms with Crippen molar-refractivity contribution in [2.75, 3.05) is 44.1 Å². The third-order valence-electron chi connectivity index (χ3n) is 10.3. The van der Waals surface area contributed by atoms with Crippen molar-refractivity contribution in [1.82, 2.24) is 29.4 Å². The molecule has 270 valence electrons. The Balaban J connectivity index is 1.20. The predicted octanol–water partition coefficient (Wildman–Crippen LogP) is 4.82. The summed E-state index contributed by atoms with van der Waals surface area (Å²) in [6.07, 6.45) is 2.64. The van der Waals surface area contributed by atoms with Crippen LogP contribution in [0.4, 0.5) is 20.5 Å². The van der Waals surface area contributed by atoms with Crippen LogP contribution in [0.2, 0.25) is 0 Å². The molecule has 1 unspecified atom stereocenters. The highest BCUT2D eigenvalue weighted by molar-refractivity contribution is 5.92. The second kappa shape index (κ2) is 13.7. The number of pyridine rings is 1. The van der Waals surface area contributed by atoms with Crippen molar-refractivity contribution in [1.29, 1.82) is 0 Å². The van der Waals surface area contributed by atoms with Gasteiger partial charge in [0.05, 0.1) is 41.7 Å². The number of benzene rings is 2. The molecule has 4 bridgehead atoms. The van der Waals surface area contributed by atoms with E-state index in [-0.39, 0.29) is 24.2 Å². The first-order chi connectivity index (χ1) is 25.2. The number of rotatable bonds is 2. The molecule has 2 aromatic carbocycles. The van der Waals surface area contributed by atoms with Gasteiger partial charge in [-0.2, -0.15) is 0 Å². The number of halogens is 2. The van der Waals surface area contributed by atoms with Gasteiger partial charge in [-0.15, -0.1) is 0 Å². The first-order valence-corrected chi connectivity index (χ1v) is 17.6. The first kappa shape index (κ1) is 33.9. The zero-order valence-corrected chi connectivity index (χ0v) is 29.2. The SMILES string of the molecule is CO[C@H]1CN(C)C(=O)[C@@H]2C[C@@H](CN2c2ncc3c(n2)C(O)c2ccc(F)cc2OCCCC3)Nc2cccc(n2)-c2cc(F)cc3nc(C)n(c23)C1. The normalized spacial score (nSPS) is 22.2. The van der Waals surface area contributed by atoms with E-state index in [4.69, 9.17) is 24.4 Å². The summed E-state index contributed by atoms with van der Waals surface area (Å²) in [4.78, 5) is 37.2. The molecule has 1 saturated heterocycles. The maximum atomic E-state index is 15.0. The van der Waals surface area contributed by atoms with Crippen LogP contribution in [-0.4, -0.2) is 92.5 Å². The summed E-state index contributed by atoms with van der Waals surface area (Å²) in [5.74, 6) is 0.806. The number of hydrogen-bond donors (Lipinski definition) is 2. The molecule has 0 saturated carbocycles. The van der Waals surface area contributed by atoms with Crippen molar-refractivity contribution in [3.05, 3.63) is 89.0 Å². The Bertz CT molecular complexity index is 2160. The minimum absolute atomic E-state index is 0.142. The van der Waals surface area contributed by atoms with Crippen LogP contribution in [-0.2, 0) is 22.5 Å². The number of anilines is 2. The minimum atomic E-state index is -1.20. The number of nitrogens with one attached hydrogen (secondary N) is 1. The van der Waals surface area contributed by atoms with Gasteiger partial charge in [-0.1, -0.05) is 6.07 Å². The van der Waals surface area contributed by atoms with Gasteiger partial charge >= 0.3 is 0 Å². The third-order valence-corrected chi connectivity index (χ3v) is 10.3. The predicted molar refractivity (Wildman–Crippen MR) is 190 cm³/mol. The smallest absolute Gasteiger partial charge is 0.245 e. The number of hydrogen-bond acceptors (Lipinski definition) is 10. The quantitative estimate of drug-likeness (QED) is 0.263. The number of methoxy groups -OCH3 is 1. The average molecular weight is 711 g/mol. The molecule has 52 heavy (non-hydrogen) atoms. The lowest BCUT2D eigenvalue weighted by atomic mass is 9.98. The summed E-state index contributed by atoms with van der Waals surface area (Å²) in [5.41, 5.74) is 4.02. The number of aromatic nitrogens is 5. The third kappa shape index (κ3) is 6.30. The van der Waals surface area contributed by atoms with Gasteiger partial charge in [-0.05, 0) is 68.5 Å². The molecule has 3 aliphatic heterocycles. The molecule has 2 N–H and O–H groups in total. The van der Waals surface area contributed by atoms with Gasteiger partial charge in [0.15, 0.2) is 0 Å². The number of imidazole rings is 1. The van der Waals surface area contributed by atoms with Gasteiger partial charge in [0.25, 0.3) is 0 Å². The zero-order valence-electron chi connectivity index (χ0n) is 29.2. The van der Waals surface area contributed by atoms with Crippen molar-refractivity contribution < 1.29 is 28.2 Å². The van der Waals surface area contributed by atoms with Gasteiger partial charge in [0.1, 0.15) is 41.2 Å². The molecule has 3 aliphatic rings. The molecule has 5 aromatic rings. The van der Waals surface area contributed by atoms with Gasteiger partial charge in [-0.25, -0.2) is 28.7 Å². The summed E-state index contributed by atoms with van der Waals surface area (Å²) in [7, 11) is 3.36. The Morgan fingerprint density at radius 1 is 1.02 bits per heavy atom. The second-order valence-electron chi connectivity index (χ2n) is 13.8. The number of aryl methyl sites for hydroxylation is 2. The van der Waals surface area contributed by atoms with E-state index in [9.17, 15) is 18.7 Å². The fraction of sp³-hybridized carbons (Fsp3) is 0.395. The molecule has 12 nitrogen and oxygen atoms in total. The van der Waals surface area contributed by atoms with Crippen molar-refractivity contribution in [3.63, 3.8) is 0 Å². The number of ether oxygens (including phenoxy) is 2. The van der Waals surface area contributed by atoms with Crippen molar-refractivity contribution in [2.24, 2.45) is 0 Å². The molecule has 3 aromatic heterocycles. The van der Waals surface area contributed by atoms with Gasteiger partial charge in [-0.3, -0.25) is 4.79 Å². The van der Waals surface area contributed by atoms with Crippen LogP contribution in [0.3, 0.4) is 0 Å². The topological polar surface area (TPSA) is 131 Å². The van der Waals surface area contributed by atoms with Crippen LogP contribution in [0, 0.1) is 18.6 Å². The molecular weight excluding hydrogens is 670 g/mol. The largest absolute Gasteiger partial charge is 0.493 e. The highest BCUT2D eigenvalue weighted by Gasteiger charge is 2.41. The monoisotopic (exact) mass is 710 g/mol. The van der Waals surface area contributed by atoms with Gasteiger partial charge in [0, 0.05) is 62.7 Å². The number of amides is 1. The summed E-state index contributed by atoms with van der Waals surface area (Å²) in [6, 6.07) is 11.7. The van der Waals surface area contributed by atoms with Gasteiger partial charge < -0.3 is 34.3 Å². The number of aliphatic hydroxyl groups is 1. The molecule has 8 rings (SSSR count). The number of carbonyl (C=O) groups excluding carboxylic acids is 1. The van der Waals surface area contributed by atoms with E-state index in [1.807, 2.05) is 34.6 Å². The van der Waals surface area contributed by atoms with Crippen LogP contribution < -0.4 is 15.0 Å². The van der Waals surface area contributed by atoms with Crippen molar-refractivity contribution in [3.8, 4) is 17.0 Å². The zero-order chi connectivity index (χ0) is 36.1. The summed E-state index contributed by atoms with van der Waals surface area (Å²) in [6.45, 7) is 3.27. The highest BCUT2D eigenvalue weighted by atomic mass is 19.1. The highest BCUT2D eigenvalue weighted by Crippen LogP contribution is 2.36. The van der Waals surface area contributed by atoms with Crippen molar-refractivity contribution >= 4 is 28.7 Å². The van der Waals surface area contributed by atoms with Crippen LogP contribution in [0.15, 0.2) is 54.7 Å². The molecular formula is C38H40F2N8O4. The lowest BCUT2D eigenvalue weighted by Gasteiger charge is -2.30. The molecule has 0 aliphatic carbocycles. The Hall–Kier alpha value is -5.21. The summed E-state index contributed by atoms with van der Waals surface area (Å²) < 4.78 is 43.0. The van der Waals surface area contributed by atoms with E-state index in [0.29, 0.717) is 78.2 Å². The average Bonchev–Trinajstić information content (AvgIpc) is 3.69. The fourth-order valence-electron chi connectivity index (χ4n) is 7.68. The number of fused-ring (bicyclic) bond motifs is 7. The number of carbonyl (C=O) groups is 1. The lowest BCUT2D eigenvalue weighted by Crippen LogP contribution is -2.47. The van der Waals surface area contributed by atoms with Crippen LogP contribution >= 0.6 is 0 Å². The number of aliphatic hydroxyl groups excluding tert-OH is 1. The van der Waals surface area contributed by atoms with E-state index < -0.39 is 29.9 Å². The van der Waals surface area contributed by atoms with E-state index >= 15 is 0 Å². The first-order valence-electron chi connectivity index (χ1n) is 17.6. The van der Waals surface area contributed by atoms with E-state index in [0.717, 1.165) is 23.9 Å². The molecule has 0 spiro atoms. The van der Waals surface area contributed by atoms with Crippen LogP contribution in [0.25, 0.3) is 22.3 Å². The maximum Gasteiger partial charge on any atom is 0.245 e. The Morgan fingerprint density at radius 3 is 2.73 bits per heavy atom. The number of nitrogens with zero attached hydrogens (tertiary/aromatic N) is 7. The molecule has 6 heterocycles. The van der Waals surface area contributed by atoms with Crippen LogP contribution in [0.5, 0.6) is 5.75 Å². The maximum absolute atomic E-state index is 15.0. The molecule has 0 radical (unpaired) electrons. The Kier molecular flexibility index (Phi) is 8.95. The molecule has 14 heteroatoms. The van der Waals surface area contributed by atoms with E-state index in [1.165, 1.54) is 30.3 Å².